The van der Waals surface area contributed by atoms with Gasteiger partial charge >= 0.3 is 0 Å². The van der Waals surface area contributed by atoms with Crippen LogP contribution in [0.15, 0.2) is 65.5 Å². The van der Waals surface area contributed by atoms with Gasteiger partial charge in [0.15, 0.2) is 0 Å². The van der Waals surface area contributed by atoms with E-state index in [1.807, 2.05) is 6.07 Å². The number of benzene rings is 3. The number of aryl methyl sites for hydroxylation is 1. The molecule has 1 spiro atoms. The van der Waals surface area contributed by atoms with Crippen LogP contribution in [0.2, 0.25) is 0 Å². The highest BCUT2D eigenvalue weighted by Gasteiger charge is 2.47. The number of anilines is 7. The number of hydrogen-bond acceptors (Lipinski definition) is 16. The number of carbonyl (C=O) groups is 3. The molecular weight excluding hydrogens is 1030 g/mol. The molecule has 11 rings (SSSR count). The lowest BCUT2D eigenvalue weighted by molar-refractivity contribution is -0.136. The van der Waals surface area contributed by atoms with Crippen molar-refractivity contribution >= 4 is 94.9 Å². The van der Waals surface area contributed by atoms with Crippen LogP contribution in [-0.4, -0.2) is 145 Å². The second kappa shape index (κ2) is 20.5. The minimum Gasteiger partial charge on any atom is -0.494 e. The molecule has 5 fully saturated rings. The van der Waals surface area contributed by atoms with Crippen LogP contribution >= 0.6 is 15.9 Å². The average Bonchev–Trinajstić information content (AvgIpc) is 3.72. The zero-order valence-electron chi connectivity index (χ0n) is 42.2. The van der Waals surface area contributed by atoms with Gasteiger partial charge in [-0.2, -0.15) is 4.98 Å². The van der Waals surface area contributed by atoms with E-state index in [2.05, 4.69) is 102 Å². The number of carbonyl (C=O) groups excluding carboxylic acids is 3. The van der Waals surface area contributed by atoms with Crippen molar-refractivity contribution in [2.75, 3.05) is 97.4 Å². The molecule has 2 aromatic heterocycles. The normalized spacial score (nSPS) is 20.9. The first-order valence-electron chi connectivity index (χ1n) is 25.9. The molecule has 1 atom stereocenters. The summed E-state index contributed by atoms with van der Waals surface area (Å²) in [5, 5.41) is 9.04. The summed E-state index contributed by atoms with van der Waals surface area (Å²) in [6.07, 6.45) is 14.5. The number of aromatic nitrogens is 4. The number of hydrogen-bond donors (Lipinski definition) is 4. The Balaban J connectivity index is 0.643. The molecule has 4 saturated heterocycles. The van der Waals surface area contributed by atoms with Crippen molar-refractivity contribution in [3.63, 3.8) is 0 Å². The first-order chi connectivity index (χ1) is 35.7. The number of rotatable bonds is 14. The summed E-state index contributed by atoms with van der Waals surface area (Å²) in [5.74, 6) is 1.43. The van der Waals surface area contributed by atoms with E-state index in [0.717, 1.165) is 101 Å². The molecule has 5 aliphatic heterocycles. The van der Waals surface area contributed by atoms with Gasteiger partial charge in [0.25, 0.3) is 5.91 Å². The number of halogens is 1. The van der Waals surface area contributed by atoms with E-state index in [1.165, 1.54) is 49.7 Å². The summed E-state index contributed by atoms with van der Waals surface area (Å²) in [6, 6.07) is 13.9. The van der Waals surface area contributed by atoms with Crippen LogP contribution in [-0.2, 0) is 32.6 Å². The third-order valence-electron chi connectivity index (χ3n) is 16.3. The molecule has 6 aliphatic rings. The van der Waals surface area contributed by atoms with E-state index in [4.69, 9.17) is 9.72 Å². The van der Waals surface area contributed by atoms with Gasteiger partial charge in [0.1, 0.15) is 23.1 Å². The maximum atomic E-state index is 13.2. The van der Waals surface area contributed by atoms with E-state index in [9.17, 15) is 22.8 Å². The topological polar surface area (TPSA) is 210 Å². The number of imide groups is 1. The quantitative estimate of drug-likeness (QED) is 0.0858. The number of nitrogens with zero attached hydrogens (tertiary/aromatic N) is 9. The van der Waals surface area contributed by atoms with Crippen molar-refractivity contribution < 1.29 is 27.5 Å². The van der Waals surface area contributed by atoms with Gasteiger partial charge in [-0.25, -0.2) is 13.4 Å². The van der Waals surface area contributed by atoms with E-state index < -0.39 is 16.1 Å². The number of ether oxygens (including phenoxy) is 1. The Labute approximate surface area is 440 Å². The van der Waals surface area contributed by atoms with Crippen LogP contribution in [0.4, 0.5) is 40.2 Å². The van der Waals surface area contributed by atoms with Crippen molar-refractivity contribution in [3.05, 3.63) is 82.2 Å². The number of fused-ring (bicyclic) bond motifs is 2. The van der Waals surface area contributed by atoms with Crippen molar-refractivity contribution in [3.8, 4) is 5.75 Å². The summed E-state index contributed by atoms with van der Waals surface area (Å²) in [7, 11) is -1.97. The number of piperazine rings is 1. The summed E-state index contributed by atoms with van der Waals surface area (Å²) < 4.78 is 33.9. The summed E-state index contributed by atoms with van der Waals surface area (Å²) in [4.78, 5) is 67.6. The highest BCUT2D eigenvalue weighted by Crippen LogP contribution is 2.53. The molecular formula is C53H64BrN13O6S. The highest BCUT2D eigenvalue weighted by atomic mass is 79.9. The van der Waals surface area contributed by atoms with Gasteiger partial charge in [-0.15, -0.1) is 0 Å². The molecule has 74 heavy (non-hydrogen) atoms. The summed E-state index contributed by atoms with van der Waals surface area (Å²) in [6.45, 7) is 12.3. The molecule has 5 aromatic rings. The zero-order valence-corrected chi connectivity index (χ0v) is 44.6. The Morgan fingerprint density at radius 1 is 0.865 bits per heavy atom. The van der Waals surface area contributed by atoms with Crippen molar-refractivity contribution in [1.82, 2.24) is 40.0 Å². The molecule has 0 radical (unpaired) electrons. The maximum Gasteiger partial charge on any atom is 0.255 e. The fraction of sp³-hybridized carbons (Fsp3) is 0.491. The highest BCUT2D eigenvalue weighted by molar-refractivity contribution is 9.10. The first kappa shape index (κ1) is 50.0. The van der Waals surface area contributed by atoms with Crippen LogP contribution in [0.1, 0.15) is 79.8 Å². The Morgan fingerprint density at radius 2 is 1.64 bits per heavy atom. The van der Waals surface area contributed by atoms with Crippen LogP contribution in [0.5, 0.6) is 5.75 Å². The Morgan fingerprint density at radius 3 is 2.36 bits per heavy atom. The van der Waals surface area contributed by atoms with Crippen LogP contribution in [0.25, 0.3) is 11.0 Å². The van der Waals surface area contributed by atoms with E-state index in [-0.39, 0.29) is 29.8 Å². The van der Waals surface area contributed by atoms with Crippen LogP contribution < -0.4 is 35.2 Å². The van der Waals surface area contributed by atoms with Crippen molar-refractivity contribution in [2.24, 2.45) is 11.3 Å². The molecule has 1 unspecified atom stereocenters. The van der Waals surface area contributed by atoms with Gasteiger partial charge in [-0.1, -0.05) is 6.92 Å². The monoisotopic (exact) mass is 1090 g/mol. The second-order valence-electron chi connectivity index (χ2n) is 21.0. The first-order valence-corrected chi connectivity index (χ1v) is 28.6. The minimum atomic E-state index is -3.65. The maximum absolute atomic E-state index is 13.2. The van der Waals surface area contributed by atoms with Crippen LogP contribution in [0, 0.1) is 11.3 Å². The predicted octanol–water partition coefficient (Wildman–Crippen LogP) is 6.66. The summed E-state index contributed by atoms with van der Waals surface area (Å²) >= 11 is 3.56. The van der Waals surface area contributed by atoms with Gasteiger partial charge in [0, 0.05) is 120 Å². The number of amides is 3. The summed E-state index contributed by atoms with van der Waals surface area (Å²) in [5.41, 5.74) is 8.02. The average molecular weight is 1090 g/mol. The lowest BCUT2D eigenvalue weighted by Gasteiger charge is -2.54. The predicted molar refractivity (Wildman–Crippen MR) is 289 cm³/mol. The SMILES string of the molecule is CCc1cc(Nc2ncc(Br)c(Nc3ccc4nccnc4c3NS(C)(=O)=O)n2)c(OC)cc1N1CCC(N2CCN(CC3CC4(CCN(c5ccc6c(c5)CN(C5CCC(=O)NC5=O)C6=O)CC4)C3)CC2)CC1. The third kappa shape index (κ3) is 10.3. The van der Waals surface area contributed by atoms with Gasteiger partial charge in [-0.3, -0.25) is 39.3 Å². The standard InChI is InChI=1S/C53H64BrN13O6S/c1-4-34-26-42(59-52-57-30-39(54)49(61-52)58-41-8-7-40-47(56-16-15-55-40)48(41)62-74(3,71)72)45(73-2)27-44(34)66-17-11-36(12-18-66)65-23-21-63(22-24-65)31-33-28-53(29-33)13-19-64(20-14-53)37-5-6-38-35(25-37)32-67(51(38)70)43-9-10-46(68)60-50(43)69/h5-8,15-16,25-27,30,33,36,43,62H,4,9-14,17-24,28-29,31-32H2,1-3H3,(H,60,68,69)(H2,57,58,59,61). The number of nitrogens with one attached hydrogen (secondary N) is 4. The van der Waals surface area contributed by atoms with Crippen LogP contribution in [0.3, 0.4) is 0 Å². The second-order valence-corrected chi connectivity index (χ2v) is 23.6. The smallest absolute Gasteiger partial charge is 0.255 e. The van der Waals surface area contributed by atoms with E-state index in [1.54, 1.807) is 36.5 Å². The van der Waals surface area contributed by atoms with Gasteiger partial charge in [-0.05, 0) is 126 Å². The zero-order chi connectivity index (χ0) is 51.3. The minimum absolute atomic E-state index is 0.120. The molecule has 19 nitrogen and oxygen atoms in total. The molecule has 1 aliphatic carbocycles. The molecule has 7 heterocycles. The van der Waals surface area contributed by atoms with Crippen molar-refractivity contribution in [1.29, 1.82) is 0 Å². The van der Waals surface area contributed by atoms with E-state index in [0.29, 0.717) is 68.7 Å². The fourth-order valence-electron chi connectivity index (χ4n) is 12.5. The largest absolute Gasteiger partial charge is 0.494 e. The molecule has 3 aromatic carbocycles. The van der Waals surface area contributed by atoms with Gasteiger partial charge < -0.3 is 35.0 Å². The van der Waals surface area contributed by atoms with Crippen molar-refractivity contribution in [2.45, 2.75) is 83.3 Å². The number of sulfonamides is 1. The fourth-order valence-corrected chi connectivity index (χ4v) is 13.4. The van der Waals surface area contributed by atoms with E-state index >= 15 is 0 Å². The van der Waals surface area contributed by atoms with Gasteiger partial charge in [0.2, 0.25) is 27.8 Å². The molecule has 3 amide bonds. The van der Waals surface area contributed by atoms with Gasteiger partial charge in [0.05, 0.1) is 40.4 Å². The molecule has 0 bridgehead atoms. The molecule has 1 saturated carbocycles. The number of methoxy groups -OCH3 is 1. The molecule has 390 valence electrons. The molecule has 4 N–H and O–H groups in total. The third-order valence-corrected chi connectivity index (χ3v) is 17.5. The Hall–Kier alpha value is -6.16. The Bertz CT molecular complexity index is 3090. The lowest BCUT2D eigenvalue weighted by Crippen LogP contribution is -2.55. The molecule has 21 heteroatoms. The number of piperidine rings is 3. The lowest BCUT2D eigenvalue weighted by atomic mass is 9.57. The Kier molecular flexibility index (Phi) is 13.9.